The van der Waals surface area contributed by atoms with Crippen molar-refractivity contribution in [3.05, 3.63) is 47.0 Å². The molecule has 2 rings (SSSR count). The maximum absolute atomic E-state index is 12.4. The first-order valence-corrected chi connectivity index (χ1v) is 10.5. The van der Waals surface area contributed by atoms with Crippen LogP contribution in [0.2, 0.25) is 13.1 Å². The predicted octanol–water partition coefficient (Wildman–Crippen LogP) is 6.64. The van der Waals surface area contributed by atoms with E-state index < -0.39 is 6.36 Å². The molecule has 0 fully saturated rings. The normalized spacial score (nSPS) is 10.3. The van der Waals surface area contributed by atoms with E-state index in [1.165, 1.54) is 18.6 Å². The van der Waals surface area contributed by atoms with E-state index >= 15 is 0 Å². The summed E-state index contributed by atoms with van der Waals surface area (Å²) in [6.07, 6.45) is -2.32. The fourth-order valence-corrected chi connectivity index (χ4v) is 3.28. The lowest BCUT2D eigenvalue weighted by molar-refractivity contribution is -0.274. The van der Waals surface area contributed by atoms with Gasteiger partial charge in [-0.25, -0.2) is 5.26 Å². The van der Waals surface area contributed by atoms with Gasteiger partial charge in [-0.15, -0.1) is 13.2 Å². The Balaban J connectivity index is 0.00000161. The van der Waals surface area contributed by atoms with Crippen molar-refractivity contribution in [3.63, 3.8) is 0 Å². The maximum Gasteiger partial charge on any atom is 0.573 e. The van der Waals surface area contributed by atoms with Crippen molar-refractivity contribution in [2.24, 2.45) is 0 Å². The van der Waals surface area contributed by atoms with E-state index in [2.05, 4.69) is 30.6 Å². The second kappa shape index (κ2) is 12.1. The number of hydrogen-bond donors (Lipinski definition) is 0. The van der Waals surface area contributed by atoms with Crippen LogP contribution in [-0.4, -0.2) is 27.2 Å². The zero-order valence-corrected chi connectivity index (χ0v) is 19.5. The van der Waals surface area contributed by atoms with Gasteiger partial charge >= 0.3 is 6.36 Å². The molecule has 0 amide bonds. The molecule has 0 aliphatic carbocycles. The molecule has 0 bridgehead atoms. The van der Waals surface area contributed by atoms with Crippen molar-refractivity contribution in [3.8, 4) is 28.9 Å². The van der Waals surface area contributed by atoms with Crippen molar-refractivity contribution in [1.82, 2.24) is 0 Å². The third kappa shape index (κ3) is 7.53. The standard InChI is InChI=1S/C21H21BF3N3O.C3H8/c1-14-18(15-5-7-17(8-6-15)29-21(23,24)25)11-16(9-10-22(2)13-27)19(12-26)20(14)28(3)4;1-3-2/h5-8,11H,9-10H2,1-4H3;3H2,1-2H3. The van der Waals surface area contributed by atoms with Gasteiger partial charge in [-0.2, -0.15) is 5.26 Å². The number of alkyl halides is 3. The quantitative estimate of drug-likeness (QED) is 0.470. The number of nitriles is 2. The molecule has 0 radical (unpaired) electrons. The molecule has 0 saturated carbocycles. The van der Waals surface area contributed by atoms with Gasteiger partial charge in [0.05, 0.1) is 11.3 Å². The molecule has 0 atom stereocenters. The van der Waals surface area contributed by atoms with Crippen LogP contribution in [0.4, 0.5) is 18.9 Å². The molecular weight excluding hydrogens is 414 g/mol. The molecule has 0 aliphatic heterocycles. The van der Waals surface area contributed by atoms with E-state index in [0.717, 1.165) is 27.9 Å². The first kappa shape index (κ1) is 26.9. The fraction of sp³-hybridized carbons (Fsp3) is 0.417. The van der Waals surface area contributed by atoms with Crippen LogP contribution in [-0.2, 0) is 6.42 Å². The Morgan fingerprint density at radius 3 is 2.09 bits per heavy atom. The van der Waals surface area contributed by atoms with Crippen LogP contribution in [0.5, 0.6) is 5.75 Å². The molecule has 0 unspecified atom stereocenters. The summed E-state index contributed by atoms with van der Waals surface area (Å²) in [4.78, 5) is 1.86. The average Bonchev–Trinajstić information content (AvgIpc) is 2.71. The molecule has 2 aromatic rings. The Morgan fingerprint density at radius 2 is 1.66 bits per heavy atom. The van der Waals surface area contributed by atoms with Crippen LogP contribution in [0, 0.1) is 29.5 Å². The van der Waals surface area contributed by atoms with E-state index in [4.69, 9.17) is 5.26 Å². The topological polar surface area (TPSA) is 60.0 Å². The lowest BCUT2D eigenvalue weighted by atomic mass is 9.50. The van der Waals surface area contributed by atoms with Gasteiger partial charge in [0.15, 0.2) is 0 Å². The monoisotopic (exact) mass is 443 g/mol. The smallest absolute Gasteiger partial charge is 0.406 e. The molecule has 170 valence electrons. The number of halogens is 3. The Kier molecular flexibility index (Phi) is 10.1. The summed E-state index contributed by atoms with van der Waals surface area (Å²) in [5.41, 5.74) is 4.53. The molecule has 2 aromatic carbocycles. The first-order valence-electron chi connectivity index (χ1n) is 10.5. The Labute approximate surface area is 189 Å². The Bertz CT molecular complexity index is 974. The Hall–Kier alpha value is -3.13. The molecule has 32 heavy (non-hydrogen) atoms. The van der Waals surface area contributed by atoms with Crippen LogP contribution in [0.1, 0.15) is 37.0 Å². The van der Waals surface area contributed by atoms with Gasteiger partial charge in [0.25, 0.3) is 6.71 Å². The minimum Gasteiger partial charge on any atom is -0.406 e. The third-order valence-corrected chi connectivity index (χ3v) is 4.66. The highest BCUT2D eigenvalue weighted by Gasteiger charge is 2.31. The van der Waals surface area contributed by atoms with Gasteiger partial charge in [0.1, 0.15) is 11.8 Å². The summed E-state index contributed by atoms with van der Waals surface area (Å²) in [6.45, 7) is 7.81. The van der Waals surface area contributed by atoms with E-state index in [1.807, 2.05) is 38.8 Å². The van der Waals surface area contributed by atoms with Crippen molar-refractivity contribution >= 4 is 12.4 Å². The van der Waals surface area contributed by atoms with Crippen molar-refractivity contribution < 1.29 is 17.9 Å². The summed E-state index contributed by atoms with van der Waals surface area (Å²) in [5.74, 6) is 1.90. The SMILES string of the molecule is CB(C#N)CCc1cc(-c2ccc(OC(F)(F)F)cc2)c(C)c(N(C)C)c1C#N.CCC. The van der Waals surface area contributed by atoms with Crippen LogP contribution >= 0.6 is 0 Å². The summed E-state index contributed by atoms with van der Waals surface area (Å²) in [7, 11) is 3.68. The van der Waals surface area contributed by atoms with E-state index in [-0.39, 0.29) is 12.5 Å². The van der Waals surface area contributed by atoms with Crippen molar-refractivity contribution in [2.45, 2.75) is 53.1 Å². The highest BCUT2D eigenvalue weighted by molar-refractivity contribution is 6.65. The minimum atomic E-state index is -4.74. The van der Waals surface area contributed by atoms with E-state index in [1.54, 1.807) is 12.1 Å². The van der Waals surface area contributed by atoms with E-state index in [9.17, 15) is 18.4 Å². The molecule has 0 aromatic heterocycles. The van der Waals surface area contributed by atoms with Gasteiger partial charge in [0, 0.05) is 20.1 Å². The Morgan fingerprint density at radius 1 is 1.09 bits per heavy atom. The van der Waals surface area contributed by atoms with Crippen molar-refractivity contribution in [1.29, 1.82) is 10.5 Å². The lowest BCUT2D eigenvalue weighted by Crippen LogP contribution is -2.17. The van der Waals surface area contributed by atoms with Gasteiger partial charge in [-0.3, -0.25) is 0 Å². The van der Waals surface area contributed by atoms with Crippen LogP contribution < -0.4 is 9.64 Å². The number of rotatable bonds is 6. The van der Waals surface area contributed by atoms with Gasteiger partial charge in [-0.1, -0.05) is 45.5 Å². The second-order valence-electron chi connectivity index (χ2n) is 7.79. The largest absolute Gasteiger partial charge is 0.573 e. The molecule has 8 heteroatoms. The van der Waals surface area contributed by atoms with Crippen LogP contribution in [0.3, 0.4) is 0 Å². The molecular formula is C24H29BF3N3O. The number of anilines is 1. The summed E-state index contributed by atoms with van der Waals surface area (Å²) >= 11 is 0. The third-order valence-electron chi connectivity index (χ3n) is 4.66. The highest BCUT2D eigenvalue weighted by atomic mass is 19.4. The molecule has 0 aliphatic rings. The van der Waals surface area contributed by atoms with Gasteiger partial charge in [-0.05, 0) is 53.8 Å². The van der Waals surface area contributed by atoms with Crippen molar-refractivity contribution in [2.75, 3.05) is 19.0 Å². The first-order chi connectivity index (χ1) is 15.0. The maximum atomic E-state index is 12.4. The average molecular weight is 443 g/mol. The van der Waals surface area contributed by atoms with E-state index in [0.29, 0.717) is 18.3 Å². The van der Waals surface area contributed by atoms with Gasteiger partial charge < -0.3 is 9.64 Å². The number of aryl methyl sites for hydroxylation is 1. The zero-order chi connectivity index (χ0) is 24.5. The fourth-order valence-electron chi connectivity index (χ4n) is 3.28. The highest BCUT2D eigenvalue weighted by Crippen LogP contribution is 2.37. The lowest BCUT2D eigenvalue weighted by Gasteiger charge is -2.23. The molecule has 4 nitrogen and oxygen atoms in total. The molecule has 0 heterocycles. The summed E-state index contributed by atoms with van der Waals surface area (Å²) < 4.78 is 41.2. The zero-order valence-electron chi connectivity index (χ0n) is 19.5. The minimum absolute atomic E-state index is 0.145. The number of ether oxygens (including phenoxy) is 1. The van der Waals surface area contributed by atoms with Gasteiger partial charge in [0.2, 0.25) is 0 Å². The second-order valence-corrected chi connectivity index (χ2v) is 7.79. The number of nitrogens with zero attached hydrogens (tertiary/aromatic N) is 3. The summed E-state index contributed by atoms with van der Waals surface area (Å²) in [5, 5.41) is 18.8. The summed E-state index contributed by atoms with van der Waals surface area (Å²) in [6, 6.07) is 9.84. The van der Waals surface area contributed by atoms with Crippen LogP contribution in [0.15, 0.2) is 30.3 Å². The number of benzene rings is 2. The number of hydrogen-bond acceptors (Lipinski definition) is 4. The molecule has 0 N–H and O–H groups in total. The predicted molar refractivity (Wildman–Crippen MR) is 124 cm³/mol. The molecule has 0 saturated heterocycles. The molecule has 0 spiro atoms. The van der Waals surface area contributed by atoms with Crippen LogP contribution in [0.25, 0.3) is 11.1 Å².